The number of carbonyl (C=O) groups excluding carboxylic acids is 1. The maximum atomic E-state index is 12.8. The topological polar surface area (TPSA) is 65.2 Å². The van der Waals surface area contributed by atoms with Crippen molar-refractivity contribution in [3.05, 3.63) is 23.0 Å². The van der Waals surface area contributed by atoms with Gasteiger partial charge >= 0.3 is 5.97 Å². The van der Waals surface area contributed by atoms with Crippen LogP contribution in [0.5, 0.6) is 0 Å². The molecule has 0 aliphatic rings. The molecule has 0 bridgehead atoms. The number of alkyl halides is 2. The Morgan fingerprint density at radius 2 is 2.25 bits per heavy atom. The minimum absolute atomic E-state index is 0.107. The molecule has 0 unspecified atom stereocenters. The van der Waals surface area contributed by atoms with Crippen LogP contribution in [-0.2, 0) is 4.74 Å². The van der Waals surface area contributed by atoms with Crippen LogP contribution in [-0.4, -0.2) is 17.6 Å². The molecule has 1 rings (SSSR count). The van der Waals surface area contributed by atoms with Crippen LogP contribution in [0.2, 0.25) is 0 Å². The van der Waals surface area contributed by atoms with Gasteiger partial charge in [-0.25, -0.2) is 13.6 Å². The minimum atomic E-state index is -2.83. The van der Waals surface area contributed by atoms with Crippen molar-refractivity contribution in [2.75, 3.05) is 12.3 Å². The lowest BCUT2D eigenvalue weighted by Crippen LogP contribution is -2.13. The summed E-state index contributed by atoms with van der Waals surface area (Å²) in [6.45, 7) is 3.16. The first-order chi connectivity index (χ1) is 7.49. The second-order valence-corrected chi connectivity index (χ2v) is 3.11. The molecule has 6 heteroatoms. The largest absolute Gasteiger partial charge is 0.462 e. The second kappa shape index (κ2) is 4.87. The van der Waals surface area contributed by atoms with E-state index in [0.717, 1.165) is 6.20 Å². The van der Waals surface area contributed by atoms with E-state index >= 15 is 0 Å². The molecule has 0 aliphatic heterocycles. The molecule has 0 amide bonds. The number of halogens is 2. The third kappa shape index (κ3) is 2.26. The van der Waals surface area contributed by atoms with Crippen molar-refractivity contribution >= 4 is 11.7 Å². The number of pyridine rings is 1. The highest BCUT2D eigenvalue weighted by Crippen LogP contribution is 2.30. The Hall–Kier alpha value is -1.72. The molecule has 16 heavy (non-hydrogen) atoms. The molecule has 88 valence electrons. The molecule has 1 aromatic heterocycles. The highest BCUT2D eigenvalue weighted by atomic mass is 19.3. The second-order valence-electron chi connectivity index (χ2n) is 3.11. The standard InChI is InChI=1S/C10H12F2N2O2/c1-3-16-10(15)7-5(2)14-4-6(13)8(7)9(11)12/h4,9H,3,13H2,1-2H3. The molecular formula is C10H12F2N2O2. The van der Waals surface area contributed by atoms with Gasteiger partial charge in [0.2, 0.25) is 0 Å². The molecule has 0 saturated carbocycles. The van der Waals surface area contributed by atoms with Crippen LogP contribution in [0.15, 0.2) is 6.20 Å². The summed E-state index contributed by atoms with van der Waals surface area (Å²) in [6, 6.07) is 0. The van der Waals surface area contributed by atoms with Gasteiger partial charge in [-0.2, -0.15) is 0 Å². The smallest absolute Gasteiger partial charge is 0.340 e. The number of aromatic nitrogens is 1. The van der Waals surface area contributed by atoms with Gasteiger partial charge in [0.25, 0.3) is 6.43 Å². The molecule has 1 aromatic rings. The van der Waals surface area contributed by atoms with Crippen molar-refractivity contribution in [3.8, 4) is 0 Å². The monoisotopic (exact) mass is 230 g/mol. The van der Waals surface area contributed by atoms with Gasteiger partial charge in [-0.1, -0.05) is 0 Å². The third-order valence-electron chi connectivity index (χ3n) is 2.04. The average molecular weight is 230 g/mol. The number of anilines is 1. The normalized spacial score (nSPS) is 10.6. The van der Waals surface area contributed by atoms with Crippen LogP contribution in [0.25, 0.3) is 0 Å². The first-order valence-electron chi connectivity index (χ1n) is 4.69. The molecule has 4 nitrogen and oxygen atoms in total. The minimum Gasteiger partial charge on any atom is -0.462 e. The van der Waals surface area contributed by atoms with Crippen molar-refractivity contribution in [1.29, 1.82) is 0 Å². The van der Waals surface area contributed by atoms with E-state index in [2.05, 4.69) is 9.72 Å². The Labute approximate surface area is 91.4 Å². The lowest BCUT2D eigenvalue weighted by atomic mass is 10.1. The number of aryl methyl sites for hydroxylation is 1. The first kappa shape index (κ1) is 12.4. The van der Waals surface area contributed by atoms with Gasteiger partial charge in [0, 0.05) is 0 Å². The molecule has 1 heterocycles. The molecule has 0 atom stereocenters. The predicted molar refractivity (Wildman–Crippen MR) is 54.3 cm³/mol. The molecule has 0 aromatic carbocycles. The van der Waals surface area contributed by atoms with Gasteiger partial charge in [-0.15, -0.1) is 0 Å². The Morgan fingerprint density at radius 3 is 2.75 bits per heavy atom. The zero-order valence-electron chi connectivity index (χ0n) is 8.96. The average Bonchev–Trinajstić information content (AvgIpc) is 2.20. The Morgan fingerprint density at radius 1 is 1.62 bits per heavy atom. The fraction of sp³-hybridized carbons (Fsp3) is 0.400. The summed E-state index contributed by atoms with van der Waals surface area (Å²) in [6.07, 6.45) is -1.72. The van der Waals surface area contributed by atoms with Crippen LogP contribution in [0.4, 0.5) is 14.5 Å². The van der Waals surface area contributed by atoms with E-state index in [1.165, 1.54) is 6.92 Å². The van der Waals surface area contributed by atoms with Crippen molar-refractivity contribution in [2.45, 2.75) is 20.3 Å². The van der Waals surface area contributed by atoms with Gasteiger partial charge in [-0.05, 0) is 13.8 Å². The van der Waals surface area contributed by atoms with Gasteiger partial charge < -0.3 is 10.5 Å². The molecule has 0 fully saturated rings. The van der Waals surface area contributed by atoms with E-state index in [9.17, 15) is 13.6 Å². The molecule has 0 radical (unpaired) electrons. The zero-order valence-corrected chi connectivity index (χ0v) is 8.96. The van der Waals surface area contributed by atoms with Crippen molar-refractivity contribution < 1.29 is 18.3 Å². The van der Waals surface area contributed by atoms with E-state index in [0.29, 0.717) is 0 Å². The van der Waals surface area contributed by atoms with E-state index in [1.807, 2.05) is 0 Å². The zero-order chi connectivity index (χ0) is 12.3. The summed E-state index contributed by atoms with van der Waals surface area (Å²) in [4.78, 5) is 15.3. The third-order valence-corrected chi connectivity index (χ3v) is 2.04. The molecule has 2 N–H and O–H groups in total. The number of nitrogens with zero attached hydrogens (tertiary/aromatic N) is 1. The summed E-state index contributed by atoms with van der Waals surface area (Å²) < 4.78 is 30.2. The number of ether oxygens (including phenoxy) is 1. The SMILES string of the molecule is CCOC(=O)c1c(C)ncc(N)c1C(F)F. The molecule has 0 aliphatic carbocycles. The lowest BCUT2D eigenvalue weighted by molar-refractivity contribution is 0.0514. The molecular weight excluding hydrogens is 218 g/mol. The quantitative estimate of drug-likeness (QED) is 0.807. The van der Waals surface area contributed by atoms with Crippen molar-refractivity contribution in [1.82, 2.24) is 4.98 Å². The van der Waals surface area contributed by atoms with Crippen LogP contribution in [0.3, 0.4) is 0 Å². The number of hydrogen-bond donors (Lipinski definition) is 1. The van der Waals surface area contributed by atoms with Crippen molar-refractivity contribution in [3.63, 3.8) is 0 Å². The predicted octanol–water partition coefficient (Wildman–Crippen LogP) is 2.09. The number of rotatable bonds is 3. The Balaban J connectivity index is 3.34. The Bertz CT molecular complexity index is 408. The summed E-state index contributed by atoms with van der Waals surface area (Å²) >= 11 is 0. The van der Waals surface area contributed by atoms with Gasteiger partial charge in [-0.3, -0.25) is 4.98 Å². The summed E-state index contributed by atoms with van der Waals surface area (Å²) in [5.41, 5.74) is 4.61. The highest BCUT2D eigenvalue weighted by Gasteiger charge is 2.25. The van der Waals surface area contributed by atoms with Gasteiger partial charge in [0.15, 0.2) is 0 Å². The van der Waals surface area contributed by atoms with Gasteiger partial charge in [0.1, 0.15) is 0 Å². The van der Waals surface area contributed by atoms with Crippen LogP contribution >= 0.6 is 0 Å². The molecule has 0 saturated heterocycles. The number of hydrogen-bond acceptors (Lipinski definition) is 4. The fourth-order valence-electron chi connectivity index (χ4n) is 1.34. The first-order valence-corrected chi connectivity index (χ1v) is 4.69. The number of carbonyl (C=O) groups is 1. The van der Waals surface area contributed by atoms with E-state index in [1.54, 1.807) is 6.92 Å². The number of esters is 1. The van der Waals surface area contributed by atoms with Crippen LogP contribution < -0.4 is 5.73 Å². The number of nitrogen functional groups attached to an aromatic ring is 1. The lowest BCUT2D eigenvalue weighted by Gasteiger charge is -2.12. The summed E-state index contributed by atoms with van der Waals surface area (Å²) in [5, 5.41) is 0. The van der Waals surface area contributed by atoms with Crippen LogP contribution in [0.1, 0.15) is 35.0 Å². The highest BCUT2D eigenvalue weighted by molar-refractivity contribution is 5.93. The summed E-state index contributed by atoms with van der Waals surface area (Å²) in [7, 11) is 0. The fourth-order valence-corrected chi connectivity index (χ4v) is 1.34. The Kier molecular flexibility index (Phi) is 3.76. The van der Waals surface area contributed by atoms with Crippen LogP contribution in [0, 0.1) is 6.92 Å². The maximum Gasteiger partial charge on any atom is 0.340 e. The van der Waals surface area contributed by atoms with E-state index < -0.39 is 18.0 Å². The van der Waals surface area contributed by atoms with Crippen molar-refractivity contribution in [2.24, 2.45) is 0 Å². The number of nitrogens with two attached hydrogens (primary N) is 1. The molecule has 0 spiro atoms. The maximum absolute atomic E-state index is 12.8. The van der Waals surface area contributed by atoms with E-state index in [4.69, 9.17) is 5.73 Å². The van der Waals surface area contributed by atoms with Gasteiger partial charge in [0.05, 0.1) is 35.3 Å². The summed E-state index contributed by atoms with van der Waals surface area (Å²) in [5.74, 6) is -0.824. The van der Waals surface area contributed by atoms with E-state index in [-0.39, 0.29) is 23.6 Å².